The topological polar surface area (TPSA) is 105 Å². The number of ether oxygens (including phenoxy) is 4. The average molecular weight is 617 g/mol. The number of hydrogen-bond donors (Lipinski definition) is 0. The summed E-state index contributed by atoms with van der Waals surface area (Å²) in [4.78, 5) is 46.4. The summed E-state index contributed by atoms with van der Waals surface area (Å²) in [6.07, 6.45) is 10.2. The van der Waals surface area contributed by atoms with E-state index in [1.807, 2.05) is 52.7 Å². The predicted molar refractivity (Wildman–Crippen MR) is 164 cm³/mol. The molecule has 0 saturated heterocycles. The standard InChI is InChI=1S/C21H38O7S3.C5H10OS/c1-15(29-5)8-18(22)26-12-21(11-25-4,13-27-19(23)9-16(2)30-6)14-28-20(24)10-17(3)31-7;1-5(7-2)3-4-6/h15-17H,8-14H2,1-7H3;4-5H,3H2,1-2H3. The van der Waals surface area contributed by atoms with E-state index in [9.17, 15) is 19.2 Å². The Morgan fingerprint density at radius 1 is 0.632 bits per heavy atom. The quantitative estimate of drug-likeness (QED) is 0.104. The predicted octanol–water partition coefficient (Wildman–Crippen LogP) is 5.00. The minimum absolute atomic E-state index is 0.0719. The molecule has 0 aliphatic heterocycles. The van der Waals surface area contributed by atoms with Gasteiger partial charge in [0.2, 0.25) is 0 Å². The minimum Gasteiger partial charge on any atom is -0.465 e. The van der Waals surface area contributed by atoms with Gasteiger partial charge in [-0.15, -0.1) is 0 Å². The van der Waals surface area contributed by atoms with Gasteiger partial charge in [-0.2, -0.15) is 47.0 Å². The van der Waals surface area contributed by atoms with E-state index >= 15 is 0 Å². The fourth-order valence-electron chi connectivity index (χ4n) is 2.62. The Bertz CT molecular complexity index is 596. The largest absolute Gasteiger partial charge is 0.465 e. The average Bonchev–Trinajstić information content (AvgIpc) is 2.89. The SMILES string of the molecule is COCC(COC(=O)CC(C)SC)(COC(=O)CC(C)SC)COC(=O)CC(C)SC.CSC(C)CC=O. The van der Waals surface area contributed by atoms with Crippen molar-refractivity contribution in [1.82, 2.24) is 0 Å². The molecule has 0 aliphatic rings. The number of thioether (sulfide) groups is 4. The van der Waals surface area contributed by atoms with Gasteiger partial charge in [0.25, 0.3) is 0 Å². The lowest BCUT2D eigenvalue weighted by Gasteiger charge is -2.31. The molecule has 0 radical (unpaired) electrons. The highest BCUT2D eigenvalue weighted by atomic mass is 32.2. The molecule has 12 heteroatoms. The lowest BCUT2D eigenvalue weighted by atomic mass is 9.92. The third kappa shape index (κ3) is 21.3. The molecule has 0 amide bonds. The Morgan fingerprint density at radius 3 is 1.16 bits per heavy atom. The number of aldehydes is 1. The number of methoxy groups -OCH3 is 1. The summed E-state index contributed by atoms with van der Waals surface area (Å²) < 4.78 is 21.8. The number of rotatable bonds is 20. The van der Waals surface area contributed by atoms with E-state index in [1.165, 1.54) is 7.11 Å². The van der Waals surface area contributed by atoms with Crippen molar-refractivity contribution in [2.24, 2.45) is 5.41 Å². The van der Waals surface area contributed by atoms with E-state index in [2.05, 4.69) is 0 Å². The Hall–Kier alpha value is -0.560. The Balaban J connectivity index is 0. The van der Waals surface area contributed by atoms with Gasteiger partial charge in [-0.25, -0.2) is 0 Å². The van der Waals surface area contributed by atoms with Gasteiger partial charge in [-0.05, 0) is 25.0 Å². The maximum Gasteiger partial charge on any atom is 0.306 e. The van der Waals surface area contributed by atoms with Crippen LogP contribution in [0.5, 0.6) is 0 Å². The van der Waals surface area contributed by atoms with Crippen LogP contribution in [0.1, 0.15) is 53.4 Å². The van der Waals surface area contributed by atoms with E-state index in [4.69, 9.17) is 18.9 Å². The summed E-state index contributed by atoms with van der Waals surface area (Å²) in [6.45, 7) is 7.76. The van der Waals surface area contributed by atoms with Crippen molar-refractivity contribution < 1.29 is 38.1 Å². The molecule has 224 valence electrons. The normalized spacial score (nSPS) is 15.5. The molecule has 0 bridgehead atoms. The lowest BCUT2D eigenvalue weighted by Crippen LogP contribution is -2.43. The smallest absolute Gasteiger partial charge is 0.306 e. The van der Waals surface area contributed by atoms with E-state index in [0.717, 1.165) is 6.29 Å². The van der Waals surface area contributed by atoms with Crippen LogP contribution in [0.15, 0.2) is 0 Å². The van der Waals surface area contributed by atoms with Crippen molar-refractivity contribution >= 4 is 71.2 Å². The molecule has 0 aromatic rings. The molecule has 38 heavy (non-hydrogen) atoms. The summed E-state index contributed by atoms with van der Waals surface area (Å²) >= 11 is 6.44. The third-order valence-corrected chi connectivity index (χ3v) is 9.38. The van der Waals surface area contributed by atoms with Crippen LogP contribution in [0.2, 0.25) is 0 Å². The number of esters is 3. The van der Waals surface area contributed by atoms with Gasteiger partial charge in [0.05, 0.1) is 31.3 Å². The van der Waals surface area contributed by atoms with Crippen molar-refractivity contribution in [2.45, 2.75) is 74.4 Å². The first kappa shape index (κ1) is 39.6. The number of carbonyl (C=O) groups excluding carboxylic acids is 4. The molecule has 0 aliphatic carbocycles. The maximum absolute atomic E-state index is 12.2. The molecule has 0 N–H and O–H groups in total. The van der Waals surface area contributed by atoms with Crippen LogP contribution in [0.25, 0.3) is 0 Å². The summed E-state index contributed by atoms with van der Waals surface area (Å²) in [5, 5.41) is 0.876. The zero-order valence-electron chi connectivity index (χ0n) is 24.4. The van der Waals surface area contributed by atoms with Gasteiger partial charge >= 0.3 is 17.9 Å². The second kappa shape index (κ2) is 24.3. The van der Waals surface area contributed by atoms with Crippen molar-refractivity contribution in [3.63, 3.8) is 0 Å². The summed E-state index contributed by atoms with van der Waals surface area (Å²) in [5.74, 6) is -1.06. The van der Waals surface area contributed by atoms with Gasteiger partial charge in [-0.1, -0.05) is 27.7 Å². The second-order valence-corrected chi connectivity index (χ2v) is 14.2. The first-order chi connectivity index (χ1) is 17.9. The fourth-order valence-corrected chi connectivity index (χ4v) is 3.80. The number of hydrogen-bond acceptors (Lipinski definition) is 12. The molecular weight excluding hydrogens is 569 g/mol. The molecule has 4 atom stereocenters. The van der Waals surface area contributed by atoms with Gasteiger partial charge < -0.3 is 23.7 Å². The Morgan fingerprint density at radius 2 is 0.947 bits per heavy atom. The van der Waals surface area contributed by atoms with Crippen LogP contribution in [-0.2, 0) is 38.1 Å². The molecular formula is C26H48O8S4. The van der Waals surface area contributed by atoms with Crippen LogP contribution in [0, 0.1) is 5.41 Å². The van der Waals surface area contributed by atoms with Crippen LogP contribution in [0.3, 0.4) is 0 Å². The molecule has 0 rings (SSSR count). The van der Waals surface area contributed by atoms with Crippen molar-refractivity contribution in [3.05, 3.63) is 0 Å². The Labute approximate surface area is 246 Å². The highest BCUT2D eigenvalue weighted by Crippen LogP contribution is 2.23. The van der Waals surface area contributed by atoms with Crippen LogP contribution in [0.4, 0.5) is 0 Å². The minimum atomic E-state index is -0.969. The zero-order chi connectivity index (χ0) is 29.6. The summed E-state index contributed by atoms with van der Waals surface area (Å²) in [6, 6.07) is 0. The van der Waals surface area contributed by atoms with Gasteiger partial charge in [0, 0.05) is 34.5 Å². The van der Waals surface area contributed by atoms with Crippen LogP contribution >= 0.6 is 47.0 Å². The van der Waals surface area contributed by atoms with E-state index in [1.54, 1.807) is 47.0 Å². The first-order valence-corrected chi connectivity index (χ1v) is 17.6. The molecule has 8 nitrogen and oxygen atoms in total. The molecule has 0 saturated carbocycles. The monoisotopic (exact) mass is 616 g/mol. The molecule has 0 spiro atoms. The molecule has 0 fully saturated rings. The van der Waals surface area contributed by atoms with Crippen LogP contribution in [-0.4, -0.2) is 104 Å². The Kier molecular flexibility index (Phi) is 25.3. The lowest BCUT2D eigenvalue weighted by molar-refractivity contribution is -0.166. The second-order valence-electron chi connectivity index (χ2n) is 9.12. The summed E-state index contributed by atoms with van der Waals surface area (Å²) in [5.41, 5.74) is -0.969. The number of carbonyl (C=O) groups is 4. The fraction of sp³-hybridized carbons (Fsp3) is 0.846. The van der Waals surface area contributed by atoms with Gasteiger partial charge in [0.15, 0.2) is 0 Å². The van der Waals surface area contributed by atoms with Crippen LogP contribution < -0.4 is 0 Å². The highest BCUT2D eigenvalue weighted by molar-refractivity contribution is 7.99. The van der Waals surface area contributed by atoms with Crippen molar-refractivity contribution in [3.8, 4) is 0 Å². The molecule has 0 aromatic heterocycles. The molecule has 0 heterocycles. The highest BCUT2D eigenvalue weighted by Gasteiger charge is 2.36. The molecule has 4 unspecified atom stereocenters. The third-order valence-electron chi connectivity index (χ3n) is 5.47. The maximum atomic E-state index is 12.2. The summed E-state index contributed by atoms with van der Waals surface area (Å²) in [7, 11) is 1.50. The van der Waals surface area contributed by atoms with Gasteiger partial charge in [-0.3, -0.25) is 14.4 Å². The molecule has 0 aromatic carbocycles. The first-order valence-electron chi connectivity index (χ1n) is 12.4. The van der Waals surface area contributed by atoms with Gasteiger partial charge in [0.1, 0.15) is 26.1 Å². The van der Waals surface area contributed by atoms with E-state index in [0.29, 0.717) is 11.7 Å². The van der Waals surface area contributed by atoms with E-state index in [-0.39, 0.29) is 79.3 Å². The van der Waals surface area contributed by atoms with Crippen molar-refractivity contribution in [1.29, 1.82) is 0 Å². The zero-order valence-corrected chi connectivity index (χ0v) is 27.7. The van der Waals surface area contributed by atoms with Crippen molar-refractivity contribution in [2.75, 3.05) is 58.6 Å². The van der Waals surface area contributed by atoms with E-state index < -0.39 is 5.41 Å².